The number of nitrogens with zero attached hydrogens (tertiary/aromatic N) is 3. The molecule has 0 aliphatic rings. The first-order valence-corrected chi connectivity index (χ1v) is 17.4. The van der Waals surface area contributed by atoms with Gasteiger partial charge in [0.2, 0.25) is 0 Å². The summed E-state index contributed by atoms with van der Waals surface area (Å²) in [6, 6.07) is 4.34. The van der Waals surface area contributed by atoms with Crippen molar-refractivity contribution < 1.29 is 13.7 Å². The standard InChI is InChI=1S/C36H71N3O/c1-8-10-12-14-16-18-20-22-24-26-30-38(3,4)32-34-28-29-36(40-7)35(37-34)33-39(5,6)31-27-25-23-21-19-17-15-13-11-9-2/h28-29H,8-27,30-33H2,1-7H3/q+2. The lowest BCUT2D eigenvalue weighted by Gasteiger charge is -2.31. The van der Waals surface area contributed by atoms with E-state index in [2.05, 4.69) is 54.2 Å². The molecular weight excluding hydrogens is 490 g/mol. The van der Waals surface area contributed by atoms with Crippen molar-refractivity contribution >= 4 is 0 Å². The van der Waals surface area contributed by atoms with Crippen LogP contribution in [0.5, 0.6) is 5.75 Å². The van der Waals surface area contributed by atoms with Gasteiger partial charge >= 0.3 is 0 Å². The highest BCUT2D eigenvalue weighted by atomic mass is 16.5. The van der Waals surface area contributed by atoms with Crippen LogP contribution in [0.4, 0.5) is 0 Å². The highest BCUT2D eigenvalue weighted by Crippen LogP contribution is 2.23. The van der Waals surface area contributed by atoms with Gasteiger partial charge in [0.15, 0.2) is 0 Å². The molecule has 1 aromatic heterocycles. The van der Waals surface area contributed by atoms with Crippen LogP contribution in [0.25, 0.3) is 0 Å². The van der Waals surface area contributed by atoms with E-state index in [1.54, 1.807) is 7.11 Å². The number of hydrogen-bond donors (Lipinski definition) is 0. The topological polar surface area (TPSA) is 22.1 Å². The van der Waals surface area contributed by atoms with E-state index in [-0.39, 0.29) is 0 Å². The number of methoxy groups -OCH3 is 1. The fraction of sp³-hybridized carbons (Fsp3) is 0.861. The summed E-state index contributed by atoms with van der Waals surface area (Å²) in [5.74, 6) is 0.943. The SMILES string of the molecule is CCCCCCCCCCCC[N+](C)(C)Cc1ccc(OC)c(C[N+](C)(C)CCCCCCCCCCCC)n1. The molecule has 0 aliphatic carbocycles. The lowest BCUT2D eigenvalue weighted by Crippen LogP contribution is -2.41. The molecule has 0 aromatic carbocycles. The Hall–Kier alpha value is -1.13. The summed E-state index contributed by atoms with van der Waals surface area (Å²) in [6.45, 7) is 8.93. The predicted molar refractivity (Wildman–Crippen MR) is 176 cm³/mol. The molecule has 0 radical (unpaired) electrons. The van der Waals surface area contributed by atoms with Gasteiger partial charge in [-0.2, -0.15) is 0 Å². The van der Waals surface area contributed by atoms with Crippen LogP contribution >= 0.6 is 0 Å². The Morgan fingerprint density at radius 2 is 0.900 bits per heavy atom. The fourth-order valence-corrected chi connectivity index (χ4v) is 5.98. The summed E-state index contributed by atoms with van der Waals surface area (Å²) in [6.07, 6.45) is 27.9. The van der Waals surface area contributed by atoms with Gasteiger partial charge in [0.1, 0.15) is 24.5 Å². The van der Waals surface area contributed by atoms with Gasteiger partial charge in [-0.3, -0.25) is 0 Å². The maximum atomic E-state index is 5.74. The summed E-state index contributed by atoms with van der Waals surface area (Å²) in [7, 11) is 11.2. The first-order valence-electron chi connectivity index (χ1n) is 17.4. The Bertz CT molecular complexity index is 731. The minimum Gasteiger partial charge on any atom is -0.495 e. The highest BCUT2D eigenvalue weighted by molar-refractivity contribution is 5.28. The van der Waals surface area contributed by atoms with Gasteiger partial charge in [0.25, 0.3) is 0 Å². The van der Waals surface area contributed by atoms with Gasteiger partial charge in [-0.05, 0) is 37.8 Å². The molecule has 4 heteroatoms. The predicted octanol–water partition coefficient (Wildman–Crippen LogP) is 10.1. The van der Waals surface area contributed by atoms with E-state index >= 15 is 0 Å². The van der Waals surface area contributed by atoms with Crippen LogP contribution in [-0.4, -0.2) is 62.3 Å². The first-order chi connectivity index (χ1) is 19.2. The molecule has 0 N–H and O–H groups in total. The Kier molecular flexibility index (Phi) is 20.7. The van der Waals surface area contributed by atoms with Crippen LogP contribution in [-0.2, 0) is 13.1 Å². The number of pyridine rings is 1. The molecule has 0 saturated carbocycles. The van der Waals surface area contributed by atoms with E-state index in [4.69, 9.17) is 9.72 Å². The van der Waals surface area contributed by atoms with Crippen LogP contribution in [0.2, 0.25) is 0 Å². The van der Waals surface area contributed by atoms with Gasteiger partial charge < -0.3 is 13.7 Å². The monoisotopic (exact) mass is 562 g/mol. The quantitative estimate of drug-likeness (QED) is 0.0787. The maximum Gasteiger partial charge on any atom is 0.146 e. The number of quaternary nitrogens is 2. The van der Waals surface area contributed by atoms with Crippen molar-refractivity contribution in [2.45, 2.75) is 155 Å². The Balaban J connectivity index is 2.39. The van der Waals surface area contributed by atoms with Crippen LogP contribution in [0.15, 0.2) is 12.1 Å². The van der Waals surface area contributed by atoms with Crippen LogP contribution in [0.3, 0.4) is 0 Å². The molecular formula is C36H71N3O+2. The second kappa shape index (κ2) is 22.5. The molecule has 0 amide bonds. The summed E-state index contributed by atoms with van der Waals surface area (Å²) in [4.78, 5) is 5.16. The number of hydrogen-bond acceptors (Lipinski definition) is 2. The highest BCUT2D eigenvalue weighted by Gasteiger charge is 2.22. The summed E-state index contributed by atoms with van der Waals surface area (Å²) >= 11 is 0. The molecule has 1 rings (SSSR count). The van der Waals surface area contributed by atoms with Crippen LogP contribution < -0.4 is 4.74 Å². The van der Waals surface area contributed by atoms with E-state index < -0.39 is 0 Å². The minimum atomic E-state index is 0.931. The largest absolute Gasteiger partial charge is 0.495 e. The molecule has 0 unspecified atom stereocenters. The average molecular weight is 562 g/mol. The lowest BCUT2D eigenvalue weighted by molar-refractivity contribution is -0.905. The van der Waals surface area contributed by atoms with Crippen LogP contribution in [0, 0.1) is 0 Å². The van der Waals surface area contributed by atoms with Gasteiger partial charge in [-0.15, -0.1) is 0 Å². The number of ether oxygens (including phenoxy) is 1. The Morgan fingerprint density at radius 1 is 0.525 bits per heavy atom. The zero-order valence-electron chi connectivity index (χ0n) is 28.4. The summed E-state index contributed by atoms with van der Waals surface area (Å²) < 4.78 is 7.72. The fourth-order valence-electron chi connectivity index (χ4n) is 5.98. The second-order valence-electron chi connectivity index (χ2n) is 14.0. The minimum absolute atomic E-state index is 0.931. The number of unbranched alkanes of at least 4 members (excludes halogenated alkanes) is 18. The zero-order chi connectivity index (χ0) is 29.5. The molecule has 1 heterocycles. The number of rotatable bonds is 27. The van der Waals surface area contributed by atoms with Gasteiger partial charge in [-0.1, -0.05) is 117 Å². The molecule has 0 bridgehead atoms. The maximum absolute atomic E-state index is 5.74. The normalized spacial score (nSPS) is 12.3. The van der Waals surface area contributed by atoms with E-state index in [0.717, 1.165) is 33.5 Å². The van der Waals surface area contributed by atoms with Crippen molar-refractivity contribution in [2.24, 2.45) is 0 Å². The molecule has 0 spiro atoms. The molecule has 0 saturated heterocycles. The smallest absolute Gasteiger partial charge is 0.146 e. The van der Waals surface area contributed by atoms with E-state index in [1.165, 1.54) is 147 Å². The average Bonchev–Trinajstić information content (AvgIpc) is 2.90. The molecule has 40 heavy (non-hydrogen) atoms. The van der Waals surface area contributed by atoms with Gasteiger partial charge in [0.05, 0.1) is 54.1 Å². The third-order valence-electron chi connectivity index (χ3n) is 8.61. The van der Waals surface area contributed by atoms with Crippen molar-refractivity contribution in [3.05, 3.63) is 23.5 Å². The van der Waals surface area contributed by atoms with Crippen molar-refractivity contribution in [3.8, 4) is 5.75 Å². The first kappa shape index (κ1) is 36.9. The van der Waals surface area contributed by atoms with Crippen molar-refractivity contribution in [3.63, 3.8) is 0 Å². The molecule has 0 aliphatic heterocycles. The van der Waals surface area contributed by atoms with E-state index in [9.17, 15) is 0 Å². The molecule has 4 nitrogen and oxygen atoms in total. The lowest BCUT2D eigenvalue weighted by atomic mass is 10.1. The second-order valence-corrected chi connectivity index (χ2v) is 14.0. The van der Waals surface area contributed by atoms with Crippen molar-refractivity contribution in [2.75, 3.05) is 48.4 Å². The van der Waals surface area contributed by atoms with E-state index in [1.807, 2.05) is 0 Å². The molecule has 0 atom stereocenters. The van der Waals surface area contributed by atoms with Crippen LogP contribution in [0.1, 0.15) is 154 Å². The van der Waals surface area contributed by atoms with E-state index in [0.29, 0.717) is 0 Å². The van der Waals surface area contributed by atoms with Gasteiger partial charge in [-0.25, -0.2) is 4.98 Å². The number of aromatic nitrogens is 1. The molecule has 234 valence electrons. The Labute approximate surface area is 251 Å². The Morgan fingerprint density at radius 3 is 1.30 bits per heavy atom. The zero-order valence-corrected chi connectivity index (χ0v) is 28.4. The molecule has 1 aromatic rings. The third-order valence-corrected chi connectivity index (χ3v) is 8.61. The summed E-state index contributed by atoms with van der Waals surface area (Å²) in [5.41, 5.74) is 2.32. The van der Waals surface area contributed by atoms with Crippen molar-refractivity contribution in [1.29, 1.82) is 0 Å². The summed E-state index contributed by atoms with van der Waals surface area (Å²) in [5, 5.41) is 0. The van der Waals surface area contributed by atoms with Gasteiger partial charge in [0, 0.05) is 0 Å². The molecule has 0 fully saturated rings. The van der Waals surface area contributed by atoms with Crippen molar-refractivity contribution in [1.82, 2.24) is 4.98 Å². The third kappa shape index (κ3) is 19.1.